The Morgan fingerprint density at radius 3 is 2.34 bits per heavy atom. The van der Waals surface area contributed by atoms with Gasteiger partial charge in [-0.1, -0.05) is 53.7 Å². The third-order valence-electron chi connectivity index (χ3n) is 5.68. The lowest BCUT2D eigenvalue weighted by atomic mass is 9.98. The molecule has 1 aromatic heterocycles. The first-order chi connectivity index (χ1) is 17.0. The number of nitrogens with zero attached hydrogens (tertiary/aromatic N) is 3. The Morgan fingerprint density at radius 2 is 1.74 bits per heavy atom. The highest BCUT2D eigenvalue weighted by atomic mass is 16.5. The number of amides is 2. The number of carbonyl (C=O) groups is 3. The molecule has 0 unspecified atom stereocenters. The van der Waals surface area contributed by atoms with Crippen LogP contribution < -0.4 is 10.6 Å². The first-order valence-electron chi connectivity index (χ1n) is 11.0. The Balaban J connectivity index is 1.31. The number of rotatable bonds is 10. The fourth-order valence-electron chi connectivity index (χ4n) is 4.05. The minimum atomic E-state index is -1.19. The summed E-state index contributed by atoms with van der Waals surface area (Å²) in [5.41, 5.74) is 4.23. The molecule has 0 fully saturated rings. The van der Waals surface area contributed by atoms with Crippen molar-refractivity contribution in [3.63, 3.8) is 0 Å². The van der Waals surface area contributed by atoms with Gasteiger partial charge in [0.1, 0.15) is 12.6 Å². The molecular formula is C24H25N5O6. The molecule has 3 N–H and O–H groups in total. The van der Waals surface area contributed by atoms with E-state index in [9.17, 15) is 14.4 Å². The van der Waals surface area contributed by atoms with Crippen LogP contribution in [-0.2, 0) is 20.8 Å². The van der Waals surface area contributed by atoms with E-state index in [-0.39, 0.29) is 37.9 Å². The smallest absolute Gasteiger partial charge is 0.407 e. The van der Waals surface area contributed by atoms with Gasteiger partial charge in [-0.3, -0.25) is 4.79 Å². The van der Waals surface area contributed by atoms with Gasteiger partial charge in [-0.25, -0.2) is 14.3 Å². The Hall–Kier alpha value is -4.25. The molecule has 1 heterocycles. The molecule has 0 saturated heterocycles. The van der Waals surface area contributed by atoms with E-state index in [1.807, 2.05) is 36.4 Å². The van der Waals surface area contributed by atoms with Crippen molar-refractivity contribution in [2.45, 2.75) is 18.5 Å². The number of carboxylic acids is 1. The average molecular weight is 479 g/mol. The summed E-state index contributed by atoms with van der Waals surface area (Å²) in [6.07, 6.45) is 0.530. The van der Waals surface area contributed by atoms with Gasteiger partial charge < -0.3 is 25.2 Å². The van der Waals surface area contributed by atoms with Crippen molar-refractivity contribution in [2.24, 2.45) is 0 Å². The van der Waals surface area contributed by atoms with E-state index in [0.29, 0.717) is 0 Å². The normalized spacial score (nSPS) is 12.9. The number of carboxylic acid groups (broad SMARTS) is 1. The maximum atomic E-state index is 12.6. The molecule has 4 rings (SSSR count). The number of benzene rings is 2. The molecule has 1 atom stereocenters. The molecular weight excluding hydrogens is 454 g/mol. The van der Waals surface area contributed by atoms with E-state index in [1.165, 1.54) is 18.0 Å². The Labute approximate surface area is 201 Å². The molecule has 0 spiro atoms. The molecule has 1 aliphatic rings. The predicted molar refractivity (Wildman–Crippen MR) is 124 cm³/mol. The number of aromatic nitrogens is 3. The highest BCUT2D eigenvalue weighted by Crippen LogP contribution is 2.44. The molecule has 11 heteroatoms. The highest BCUT2D eigenvalue weighted by molar-refractivity contribution is 5.86. The van der Waals surface area contributed by atoms with Crippen molar-refractivity contribution in [1.29, 1.82) is 0 Å². The van der Waals surface area contributed by atoms with Crippen LogP contribution in [0.3, 0.4) is 0 Å². The third kappa shape index (κ3) is 5.46. The molecule has 2 amide bonds. The summed E-state index contributed by atoms with van der Waals surface area (Å²) in [6.45, 7) is 0.423. The standard InChI is InChI=1S/C24H25N5O6/c1-34-14-21(22(30)25-10-11-29-12-20(23(31)32)27-28-29)26-24(33)35-13-19-17-8-4-2-6-15(17)16-7-3-5-9-18(16)19/h2-9,12,19,21H,10-11,13-14H2,1H3,(H,25,30)(H,26,33)(H,31,32)/t21-/m0/s1. The van der Waals surface area contributed by atoms with Crippen LogP contribution in [0.5, 0.6) is 0 Å². The third-order valence-corrected chi connectivity index (χ3v) is 5.68. The van der Waals surface area contributed by atoms with Crippen LogP contribution in [0.4, 0.5) is 4.79 Å². The highest BCUT2D eigenvalue weighted by Gasteiger charge is 2.29. The first kappa shape index (κ1) is 23.9. The molecule has 1 aliphatic carbocycles. The van der Waals surface area contributed by atoms with Gasteiger partial charge in [0.15, 0.2) is 5.69 Å². The number of ether oxygens (including phenoxy) is 2. The van der Waals surface area contributed by atoms with Crippen molar-refractivity contribution < 1.29 is 29.0 Å². The van der Waals surface area contributed by atoms with E-state index in [2.05, 4.69) is 33.1 Å². The minimum absolute atomic E-state index is 0.0531. The van der Waals surface area contributed by atoms with E-state index in [0.717, 1.165) is 22.3 Å². The van der Waals surface area contributed by atoms with Crippen LogP contribution in [0, 0.1) is 0 Å². The van der Waals surface area contributed by atoms with Crippen molar-refractivity contribution >= 4 is 18.0 Å². The van der Waals surface area contributed by atoms with E-state index in [1.54, 1.807) is 0 Å². The number of alkyl carbamates (subject to hydrolysis) is 1. The summed E-state index contributed by atoms with van der Waals surface area (Å²) >= 11 is 0. The minimum Gasteiger partial charge on any atom is -0.476 e. The lowest BCUT2D eigenvalue weighted by Gasteiger charge is -2.19. The van der Waals surface area contributed by atoms with Crippen LogP contribution in [0.1, 0.15) is 27.5 Å². The van der Waals surface area contributed by atoms with Crippen LogP contribution in [0.2, 0.25) is 0 Å². The van der Waals surface area contributed by atoms with E-state index in [4.69, 9.17) is 14.6 Å². The van der Waals surface area contributed by atoms with Crippen molar-refractivity contribution in [2.75, 3.05) is 26.9 Å². The zero-order chi connectivity index (χ0) is 24.8. The van der Waals surface area contributed by atoms with Gasteiger partial charge in [0.2, 0.25) is 5.91 Å². The number of hydrogen-bond acceptors (Lipinski definition) is 7. The molecule has 0 radical (unpaired) electrons. The predicted octanol–water partition coefficient (Wildman–Crippen LogP) is 1.65. The summed E-state index contributed by atoms with van der Waals surface area (Å²) in [6, 6.07) is 15.1. The molecule has 182 valence electrons. The van der Waals surface area contributed by atoms with Gasteiger partial charge in [-0.05, 0) is 22.3 Å². The number of nitrogens with one attached hydrogen (secondary N) is 2. The summed E-state index contributed by atoms with van der Waals surface area (Å²) < 4.78 is 11.9. The molecule has 0 aliphatic heterocycles. The number of fused-ring (bicyclic) bond motifs is 3. The second kappa shape index (κ2) is 10.8. The van der Waals surface area contributed by atoms with Gasteiger partial charge >= 0.3 is 12.1 Å². The summed E-state index contributed by atoms with van der Waals surface area (Å²) in [5.74, 6) is -1.76. The lowest BCUT2D eigenvalue weighted by Crippen LogP contribution is -2.50. The number of aromatic carboxylic acids is 1. The lowest BCUT2D eigenvalue weighted by molar-refractivity contribution is -0.124. The molecule has 0 saturated carbocycles. The SMILES string of the molecule is COC[C@H](NC(=O)OCC1c2ccccc2-c2ccccc21)C(=O)NCCn1cc(C(=O)O)nn1. The molecule has 35 heavy (non-hydrogen) atoms. The first-order valence-corrected chi connectivity index (χ1v) is 11.0. The maximum absolute atomic E-state index is 12.6. The quantitative estimate of drug-likeness (QED) is 0.398. The van der Waals surface area contributed by atoms with Gasteiger partial charge in [0.05, 0.1) is 19.3 Å². The number of hydrogen-bond donors (Lipinski definition) is 3. The monoisotopic (exact) mass is 479 g/mol. The van der Waals surface area contributed by atoms with Crippen LogP contribution in [-0.4, -0.2) is 71.0 Å². The van der Waals surface area contributed by atoms with Gasteiger partial charge in [0, 0.05) is 19.6 Å². The van der Waals surface area contributed by atoms with Crippen molar-refractivity contribution in [3.8, 4) is 11.1 Å². The largest absolute Gasteiger partial charge is 0.476 e. The van der Waals surface area contributed by atoms with Crippen LogP contribution >= 0.6 is 0 Å². The maximum Gasteiger partial charge on any atom is 0.407 e. The fraction of sp³-hybridized carbons (Fsp3) is 0.292. The molecule has 11 nitrogen and oxygen atoms in total. The van der Waals surface area contributed by atoms with Gasteiger partial charge in [0.25, 0.3) is 0 Å². The molecule has 2 aromatic carbocycles. The molecule has 0 bridgehead atoms. The summed E-state index contributed by atoms with van der Waals surface area (Å²) in [4.78, 5) is 36.0. The Bertz CT molecular complexity index is 1180. The Morgan fingerprint density at radius 1 is 1.09 bits per heavy atom. The van der Waals surface area contributed by atoms with Gasteiger partial charge in [-0.15, -0.1) is 5.10 Å². The number of methoxy groups -OCH3 is 1. The second-order valence-electron chi connectivity index (χ2n) is 7.94. The Kier molecular flexibility index (Phi) is 7.36. The molecule has 3 aromatic rings. The zero-order valence-corrected chi connectivity index (χ0v) is 19.0. The number of carbonyl (C=O) groups excluding carboxylic acids is 2. The second-order valence-corrected chi connectivity index (χ2v) is 7.94. The van der Waals surface area contributed by atoms with E-state index >= 15 is 0 Å². The zero-order valence-electron chi connectivity index (χ0n) is 19.0. The fourth-order valence-corrected chi connectivity index (χ4v) is 4.05. The average Bonchev–Trinajstić information content (AvgIpc) is 3.46. The van der Waals surface area contributed by atoms with Crippen molar-refractivity contribution in [1.82, 2.24) is 25.6 Å². The van der Waals surface area contributed by atoms with Gasteiger partial charge in [-0.2, -0.15) is 0 Å². The summed E-state index contributed by atoms with van der Waals surface area (Å²) in [7, 11) is 1.42. The van der Waals surface area contributed by atoms with E-state index < -0.39 is 24.0 Å². The van der Waals surface area contributed by atoms with Crippen molar-refractivity contribution in [3.05, 3.63) is 71.5 Å². The topological polar surface area (TPSA) is 145 Å². The van der Waals surface area contributed by atoms with Crippen LogP contribution in [0.15, 0.2) is 54.7 Å². The van der Waals surface area contributed by atoms with Crippen LogP contribution in [0.25, 0.3) is 11.1 Å². The summed E-state index contributed by atoms with van der Waals surface area (Å²) in [5, 5.41) is 21.3.